The number of rotatable bonds is 5. The average Bonchev–Trinajstić information content (AvgIpc) is 2.53. The summed E-state index contributed by atoms with van der Waals surface area (Å²) < 4.78 is 13.4. The fourth-order valence-electron chi connectivity index (χ4n) is 2.07. The molecule has 0 spiro atoms. The van der Waals surface area contributed by atoms with Crippen LogP contribution in [0.3, 0.4) is 0 Å². The molecule has 23 heavy (non-hydrogen) atoms. The lowest BCUT2D eigenvalue weighted by Crippen LogP contribution is -2.33. The second-order valence-electron chi connectivity index (χ2n) is 4.87. The number of para-hydroxylation sites is 1. The first-order chi connectivity index (χ1) is 11.0. The molecule has 0 bridgehead atoms. The van der Waals surface area contributed by atoms with Crippen molar-refractivity contribution < 1.29 is 14.0 Å². The van der Waals surface area contributed by atoms with Crippen molar-refractivity contribution in [2.45, 2.75) is 13.3 Å². The smallest absolute Gasteiger partial charge is 0.252 e. The molecular weight excluding hydrogens is 363 g/mol. The van der Waals surface area contributed by atoms with Gasteiger partial charge in [0.2, 0.25) is 5.91 Å². The Hall–Kier alpha value is -2.21. The highest BCUT2D eigenvalue weighted by molar-refractivity contribution is 9.10. The molecule has 0 fully saturated rings. The Balaban J connectivity index is 1.95. The summed E-state index contributed by atoms with van der Waals surface area (Å²) in [4.78, 5) is 24.0. The van der Waals surface area contributed by atoms with Crippen LogP contribution in [-0.2, 0) is 11.2 Å². The Bertz CT molecular complexity index is 734. The normalized spacial score (nSPS) is 10.2. The van der Waals surface area contributed by atoms with E-state index in [9.17, 15) is 14.0 Å². The van der Waals surface area contributed by atoms with Gasteiger partial charge < -0.3 is 10.6 Å². The molecule has 2 aromatic rings. The first-order valence-corrected chi connectivity index (χ1v) is 7.91. The monoisotopic (exact) mass is 378 g/mol. The molecule has 2 rings (SSSR count). The molecule has 0 radical (unpaired) electrons. The minimum absolute atomic E-state index is 0.166. The molecule has 0 aliphatic rings. The van der Waals surface area contributed by atoms with Gasteiger partial charge in [0.1, 0.15) is 5.82 Å². The topological polar surface area (TPSA) is 58.2 Å². The molecule has 4 nitrogen and oxygen atoms in total. The van der Waals surface area contributed by atoms with E-state index in [-0.39, 0.29) is 18.0 Å². The largest absolute Gasteiger partial charge is 0.343 e. The van der Waals surface area contributed by atoms with E-state index >= 15 is 0 Å². The van der Waals surface area contributed by atoms with Crippen molar-refractivity contribution in [1.29, 1.82) is 0 Å². The Morgan fingerprint density at radius 3 is 2.61 bits per heavy atom. The molecule has 0 unspecified atom stereocenters. The minimum atomic E-state index is -0.448. The van der Waals surface area contributed by atoms with Crippen molar-refractivity contribution in [3.05, 3.63) is 63.9 Å². The van der Waals surface area contributed by atoms with Gasteiger partial charge in [-0.15, -0.1) is 0 Å². The number of benzene rings is 2. The van der Waals surface area contributed by atoms with E-state index in [0.717, 1.165) is 17.7 Å². The van der Waals surface area contributed by atoms with E-state index in [1.807, 2.05) is 31.2 Å². The quantitative estimate of drug-likeness (QED) is 0.835. The molecule has 2 N–H and O–H groups in total. The van der Waals surface area contributed by atoms with Crippen LogP contribution in [-0.4, -0.2) is 18.4 Å². The highest BCUT2D eigenvalue weighted by Gasteiger charge is 2.12. The van der Waals surface area contributed by atoms with Gasteiger partial charge in [-0.05, 0) is 52.2 Å². The predicted molar refractivity (Wildman–Crippen MR) is 90.9 cm³/mol. The van der Waals surface area contributed by atoms with E-state index in [2.05, 4.69) is 26.6 Å². The molecule has 2 aromatic carbocycles. The lowest BCUT2D eigenvalue weighted by molar-refractivity contribution is -0.115. The molecule has 0 atom stereocenters. The van der Waals surface area contributed by atoms with Crippen molar-refractivity contribution in [3.8, 4) is 0 Å². The van der Waals surface area contributed by atoms with Crippen molar-refractivity contribution >= 4 is 33.4 Å². The van der Waals surface area contributed by atoms with Gasteiger partial charge in [0.25, 0.3) is 5.91 Å². The summed E-state index contributed by atoms with van der Waals surface area (Å²) in [6.07, 6.45) is 0.797. The van der Waals surface area contributed by atoms with Crippen molar-refractivity contribution in [3.63, 3.8) is 0 Å². The SMILES string of the molecule is CCc1ccccc1NC(=O)CNC(=O)c1ccc(F)cc1Br. The molecular formula is C17H16BrFN2O2. The zero-order chi connectivity index (χ0) is 16.8. The van der Waals surface area contributed by atoms with Gasteiger partial charge in [-0.2, -0.15) is 0 Å². The molecule has 0 aliphatic heterocycles. The van der Waals surface area contributed by atoms with Crippen LogP contribution in [0.25, 0.3) is 0 Å². The number of halogens is 2. The highest BCUT2D eigenvalue weighted by atomic mass is 79.9. The number of anilines is 1. The van der Waals surface area contributed by atoms with E-state index < -0.39 is 11.7 Å². The summed E-state index contributed by atoms with van der Waals surface area (Å²) in [6, 6.07) is 11.2. The van der Waals surface area contributed by atoms with E-state index in [4.69, 9.17) is 0 Å². The number of carbonyl (C=O) groups excluding carboxylic acids is 2. The number of amides is 2. The predicted octanol–water partition coefficient (Wildman–Crippen LogP) is 3.52. The first kappa shape index (κ1) is 17.1. The third-order valence-electron chi connectivity index (χ3n) is 3.26. The molecule has 0 aromatic heterocycles. The zero-order valence-electron chi connectivity index (χ0n) is 12.5. The number of hydrogen-bond acceptors (Lipinski definition) is 2. The van der Waals surface area contributed by atoms with Crippen LogP contribution in [0.5, 0.6) is 0 Å². The van der Waals surface area contributed by atoms with Crippen LogP contribution in [0.2, 0.25) is 0 Å². The van der Waals surface area contributed by atoms with E-state index in [1.165, 1.54) is 18.2 Å². The maximum Gasteiger partial charge on any atom is 0.252 e. The van der Waals surface area contributed by atoms with Crippen LogP contribution >= 0.6 is 15.9 Å². The number of hydrogen-bond donors (Lipinski definition) is 2. The van der Waals surface area contributed by atoms with Crippen LogP contribution in [0.15, 0.2) is 46.9 Å². The van der Waals surface area contributed by atoms with Gasteiger partial charge in [-0.3, -0.25) is 9.59 Å². The fraction of sp³-hybridized carbons (Fsp3) is 0.176. The molecule has 0 heterocycles. The minimum Gasteiger partial charge on any atom is -0.343 e. The average molecular weight is 379 g/mol. The molecule has 0 saturated heterocycles. The Kier molecular flexibility index (Phi) is 5.87. The standard InChI is InChI=1S/C17H16BrFN2O2/c1-2-11-5-3-4-6-15(11)21-16(22)10-20-17(23)13-8-7-12(19)9-14(13)18/h3-9H,2,10H2,1H3,(H,20,23)(H,21,22). The maximum absolute atomic E-state index is 13.0. The summed E-state index contributed by atoms with van der Waals surface area (Å²) >= 11 is 3.13. The second kappa shape index (κ2) is 7.87. The molecule has 120 valence electrons. The number of aryl methyl sites for hydroxylation is 1. The van der Waals surface area contributed by atoms with Crippen LogP contribution in [0.1, 0.15) is 22.8 Å². The van der Waals surface area contributed by atoms with E-state index in [1.54, 1.807) is 0 Å². The summed E-state index contributed by atoms with van der Waals surface area (Å²) in [7, 11) is 0. The van der Waals surface area contributed by atoms with Gasteiger partial charge in [0, 0.05) is 10.2 Å². The van der Waals surface area contributed by atoms with Gasteiger partial charge in [-0.25, -0.2) is 4.39 Å². The van der Waals surface area contributed by atoms with Crippen LogP contribution < -0.4 is 10.6 Å². The zero-order valence-corrected chi connectivity index (χ0v) is 14.1. The molecule has 2 amide bonds. The summed E-state index contributed by atoms with van der Waals surface area (Å²) in [5.41, 5.74) is 2.03. The van der Waals surface area contributed by atoms with Crippen molar-refractivity contribution in [2.75, 3.05) is 11.9 Å². The Labute approximate surface area is 142 Å². The summed E-state index contributed by atoms with van der Waals surface area (Å²) in [6.45, 7) is 1.83. The third kappa shape index (κ3) is 4.63. The summed E-state index contributed by atoms with van der Waals surface area (Å²) in [5, 5.41) is 5.28. The fourth-order valence-corrected chi connectivity index (χ4v) is 2.61. The van der Waals surface area contributed by atoms with Crippen LogP contribution in [0.4, 0.5) is 10.1 Å². The maximum atomic E-state index is 13.0. The lowest BCUT2D eigenvalue weighted by Gasteiger charge is -2.10. The molecule has 6 heteroatoms. The van der Waals surface area contributed by atoms with Crippen molar-refractivity contribution in [2.24, 2.45) is 0 Å². The van der Waals surface area contributed by atoms with Crippen molar-refractivity contribution in [1.82, 2.24) is 5.32 Å². The van der Waals surface area contributed by atoms with Gasteiger partial charge in [-0.1, -0.05) is 25.1 Å². The lowest BCUT2D eigenvalue weighted by atomic mass is 10.1. The van der Waals surface area contributed by atoms with E-state index in [0.29, 0.717) is 4.47 Å². The number of carbonyl (C=O) groups is 2. The highest BCUT2D eigenvalue weighted by Crippen LogP contribution is 2.18. The molecule has 0 saturated carbocycles. The Morgan fingerprint density at radius 1 is 1.17 bits per heavy atom. The molecule has 0 aliphatic carbocycles. The van der Waals surface area contributed by atoms with Crippen LogP contribution in [0, 0.1) is 5.82 Å². The van der Waals surface area contributed by atoms with Gasteiger partial charge in [0.15, 0.2) is 0 Å². The van der Waals surface area contributed by atoms with Gasteiger partial charge in [0.05, 0.1) is 12.1 Å². The Morgan fingerprint density at radius 2 is 1.91 bits per heavy atom. The van der Waals surface area contributed by atoms with Gasteiger partial charge >= 0.3 is 0 Å². The number of nitrogens with one attached hydrogen (secondary N) is 2. The second-order valence-corrected chi connectivity index (χ2v) is 5.72. The first-order valence-electron chi connectivity index (χ1n) is 7.12. The third-order valence-corrected chi connectivity index (χ3v) is 3.91. The summed E-state index contributed by atoms with van der Waals surface area (Å²) in [5.74, 6) is -1.21.